The number of nitrogens with zero attached hydrogens (tertiary/aromatic N) is 4. The van der Waals surface area contributed by atoms with E-state index in [-0.39, 0.29) is 11.8 Å². The zero-order chi connectivity index (χ0) is 23.2. The lowest BCUT2D eigenvalue weighted by Gasteiger charge is -2.34. The van der Waals surface area contributed by atoms with E-state index >= 15 is 0 Å². The monoisotopic (exact) mass is 454 g/mol. The highest BCUT2D eigenvalue weighted by atomic mass is 16.5. The number of piperidine rings is 1. The van der Waals surface area contributed by atoms with Crippen molar-refractivity contribution in [3.05, 3.63) is 46.8 Å². The number of piperazine rings is 1. The number of carbonyl (C=O) groups excluding carboxylic acids is 2. The molecule has 2 aliphatic heterocycles. The largest absolute Gasteiger partial charge is 0.494 e. The van der Waals surface area contributed by atoms with Gasteiger partial charge in [-0.05, 0) is 70.5 Å². The Balaban J connectivity index is 1.22. The van der Waals surface area contributed by atoms with Crippen molar-refractivity contribution in [3.8, 4) is 5.75 Å². The van der Waals surface area contributed by atoms with E-state index in [9.17, 15) is 9.59 Å². The van der Waals surface area contributed by atoms with Crippen molar-refractivity contribution in [2.45, 2.75) is 39.5 Å². The first-order valence-corrected chi connectivity index (χ1v) is 12.0. The first-order valence-electron chi connectivity index (χ1n) is 12.0. The predicted molar refractivity (Wildman–Crippen MR) is 125 cm³/mol. The number of carbonyl (C=O) groups is 2. The fraction of sp³-hybridized carbons (Fsp3) is 0.560. The highest BCUT2D eigenvalue weighted by molar-refractivity contribution is 5.97. The van der Waals surface area contributed by atoms with E-state index in [0.717, 1.165) is 18.7 Å². The molecule has 0 atom stereocenters. The Labute approximate surface area is 195 Å². The van der Waals surface area contributed by atoms with Crippen LogP contribution in [0.15, 0.2) is 28.8 Å². The molecule has 8 heteroatoms. The van der Waals surface area contributed by atoms with Crippen LogP contribution in [0.2, 0.25) is 0 Å². The van der Waals surface area contributed by atoms with E-state index in [1.165, 1.54) is 32.4 Å². The van der Waals surface area contributed by atoms with Crippen molar-refractivity contribution in [2.24, 2.45) is 0 Å². The predicted octanol–water partition coefficient (Wildman–Crippen LogP) is 3.14. The summed E-state index contributed by atoms with van der Waals surface area (Å²) in [6.07, 6.45) is 4.98. The van der Waals surface area contributed by atoms with Crippen LogP contribution in [0.4, 0.5) is 0 Å². The molecular weight excluding hydrogens is 420 g/mol. The minimum Gasteiger partial charge on any atom is -0.494 e. The van der Waals surface area contributed by atoms with Crippen LogP contribution in [-0.4, -0.2) is 84.1 Å². The molecule has 1 aromatic carbocycles. The van der Waals surface area contributed by atoms with Crippen LogP contribution in [-0.2, 0) is 0 Å². The third-order valence-corrected chi connectivity index (χ3v) is 6.54. The molecule has 0 bridgehead atoms. The maximum absolute atomic E-state index is 12.9. The van der Waals surface area contributed by atoms with Gasteiger partial charge in [0.25, 0.3) is 11.8 Å². The van der Waals surface area contributed by atoms with E-state index in [4.69, 9.17) is 9.26 Å². The number of ether oxygens (including phenoxy) is 1. The van der Waals surface area contributed by atoms with Crippen LogP contribution in [0.3, 0.4) is 0 Å². The van der Waals surface area contributed by atoms with E-state index in [1.807, 2.05) is 24.3 Å². The number of aromatic nitrogens is 1. The van der Waals surface area contributed by atoms with Crippen LogP contribution in [0.1, 0.15) is 57.9 Å². The molecule has 2 fully saturated rings. The van der Waals surface area contributed by atoms with E-state index < -0.39 is 0 Å². The number of hydrogen-bond donors (Lipinski definition) is 0. The van der Waals surface area contributed by atoms with Gasteiger partial charge in [-0.25, -0.2) is 0 Å². The second kappa shape index (κ2) is 10.8. The Morgan fingerprint density at radius 3 is 2.15 bits per heavy atom. The fourth-order valence-electron chi connectivity index (χ4n) is 4.60. The van der Waals surface area contributed by atoms with Gasteiger partial charge < -0.3 is 24.0 Å². The molecule has 33 heavy (non-hydrogen) atoms. The van der Waals surface area contributed by atoms with Gasteiger partial charge in [0, 0.05) is 38.3 Å². The molecule has 0 spiro atoms. The van der Waals surface area contributed by atoms with Gasteiger partial charge in [-0.1, -0.05) is 11.6 Å². The molecule has 178 valence electrons. The highest BCUT2D eigenvalue weighted by Crippen LogP contribution is 2.19. The molecule has 0 radical (unpaired) electrons. The molecular formula is C25H34N4O4. The lowest BCUT2D eigenvalue weighted by molar-refractivity contribution is 0.0534. The fourth-order valence-corrected chi connectivity index (χ4v) is 4.60. The van der Waals surface area contributed by atoms with E-state index in [0.29, 0.717) is 55.4 Å². The Hall–Kier alpha value is -2.87. The number of aryl methyl sites for hydroxylation is 2. The zero-order valence-electron chi connectivity index (χ0n) is 19.7. The molecule has 0 saturated carbocycles. The molecule has 1 aromatic heterocycles. The van der Waals surface area contributed by atoms with Crippen LogP contribution in [0.5, 0.6) is 5.75 Å². The highest BCUT2D eigenvalue weighted by Gasteiger charge is 2.28. The average molecular weight is 455 g/mol. The summed E-state index contributed by atoms with van der Waals surface area (Å²) in [5, 5.41) is 3.87. The molecule has 0 N–H and O–H groups in total. The molecule has 0 unspecified atom stereocenters. The lowest BCUT2D eigenvalue weighted by atomic mass is 10.1. The first-order chi connectivity index (χ1) is 16.0. The first kappa shape index (κ1) is 23.3. The zero-order valence-corrected chi connectivity index (χ0v) is 19.7. The summed E-state index contributed by atoms with van der Waals surface area (Å²) < 4.78 is 11.0. The summed E-state index contributed by atoms with van der Waals surface area (Å²) in [5.41, 5.74) is 1.77. The normalized spacial score (nSPS) is 17.3. The van der Waals surface area contributed by atoms with Gasteiger partial charge in [0.15, 0.2) is 0 Å². The smallest absolute Gasteiger partial charge is 0.259 e. The lowest BCUT2D eigenvalue weighted by Crippen LogP contribution is -2.50. The number of hydrogen-bond acceptors (Lipinski definition) is 6. The summed E-state index contributed by atoms with van der Waals surface area (Å²) >= 11 is 0. The Bertz CT molecular complexity index is 922. The van der Waals surface area contributed by atoms with Crippen LogP contribution < -0.4 is 4.74 Å². The third kappa shape index (κ3) is 5.74. The maximum Gasteiger partial charge on any atom is 0.259 e. The number of likely N-dealkylation sites (tertiary alicyclic amines) is 1. The standard InChI is InChI=1S/C25H34N4O4/c1-19-23(20(2)33-26-19)25(31)29-16-14-28(15-17-29)24(30)21-7-9-22(10-8-21)32-18-6-13-27-11-4-3-5-12-27/h7-10H,3-6,11-18H2,1-2H3. The van der Waals surface area contributed by atoms with Crippen molar-refractivity contribution >= 4 is 11.8 Å². The summed E-state index contributed by atoms with van der Waals surface area (Å²) in [7, 11) is 0. The minimum absolute atomic E-state index is 0.0175. The topological polar surface area (TPSA) is 79.1 Å². The minimum atomic E-state index is -0.0832. The van der Waals surface area contributed by atoms with Crippen molar-refractivity contribution in [1.29, 1.82) is 0 Å². The summed E-state index contributed by atoms with van der Waals surface area (Å²) in [6, 6.07) is 7.38. The second-order valence-corrected chi connectivity index (χ2v) is 8.91. The van der Waals surface area contributed by atoms with Crippen LogP contribution >= 0.6 is 0 Å². The van der Waals surface area contributed by atoms with Crippen molar-refractivity contribution in [2.75, 3.05) is 52.4 Å². The molecule has 2 saturated heterocycles. The van der Waals surface area contributed by atoms with E-state index in [2.05, 4.69) is 10.1 Å². The summed E-state index contributed by atoms with van der Waals surface area (Å²) in [4.78, 5) is 31.8. The van der Waals surface area contributed by atoms with E-state index in [1.54, 1.807) is 23.6 Å². The van der Waals surface area contributed by atoms with Gasteiger partial charge in [0.1, 0.15) is 17.1 Å². The third-order valence-electron chi connectivity index (χ3n) is 6.54. The maximum atomic E-state index is 12.9. The summed E-state index contributed by atoms with van der Waals surface area (Å²) in [5.74, 6) is 1.22. The van der Waals surface area contributed by atoms with Gasteiger partial charge in [0.2, 0.25) is 0 Å². The molecule has 2 amide bonds. The van der Waals surface area contributed by atoms with Gasteiger partial charge in [-0.3, -0.25) is 9.59 Å². The Morgan fingerprint density at radius 2 is 1.55 bits per heavy atom. The number of rotatable bonds is 7. The number of amides is 2. The van der Waals surface area contributed by atoms with Crippen molar-refractivity contribution < 1.29 is 18.8 Å². The molecule has 4 rings (SSSR count). The van der Waals surface area contributed by atoms with Gasteiger partial charge in [0.05, 0.1) is 12.3 Å². The molecule has 8 nitrogen and oxygen atoms in total. The Morgan fingerprint density at radius 1 is 0.909 bits per heavy atom. The van der Waals surface area contributed by atoms with Crippen LogP contribution in [0.25, 0.3) is 0 Å². The van der Waals surface area contributed by atoms with Crippen molar-refractivity contribution in [1.82, 2.24) is 19.9 Å². The Kier molecular flexibility index (Phi) is 7.65. The number of benzene rings is 1. The summed E-state index contributed by atoms with van der Waals surface area (Å²) in [6.45, 7) is 9.69. The molecule has 2 aliphatic rings. The quantitative estimate of drug-likeness (QED) is 0.598. The molecule has 0 aliphatic carbocycles. The average Bonchev–Trinajstić information content (AvgIpc) is 3.20. The van der Waals surface area contributed by atoms with Gasteiger partial charge in [-0.15, -0.1) is 0 Å². The second-order valence-electron chi connectivity index (χ2n) is 8.91. The van der Waals surface area contributed by atoms with Gasteiger partial charge >= 0.3 is 0 Å². The molecule has 2 aromatic rings. The molecule has 3 heterocycles. The van der Waals surface area contributed by atoms with Crippen molar-refractivity contribution in [3.63, 3.8) is 0 Å². The van der Waals surface area contributed by atoms with Crippen LogP contribution in [0, 0.1) is 13.8 Å². The SMILES string of the molecule is Cc1noc(C)c1C(=O)N1CCN(C(=O)c2ccc(OCCCN3CCCCC3)cc2)CC1. The van der Waals surface area contributed by atoms with Gasteiger partial charge in [-0.2, -0.15) is 0 Å².